The van der Waals surface area contributed by atoms with Gasteiger partial charge in [0.2, 0.25) is 6.79 Å². The zero-order valence-electron chi connectivity index (χ0n) is 23.2. The van der Waals surface area contributed by atoms with Gasteiger partial charge in [0.15, 0.2) is 11.5 Å². The van der Waals surface area contributed by atoms with Gasteiger partial charge < -0.3 is 19.5 Å². The van der Waals surface area contributed by atoms with Crippen LogP contribution in [0.15, 0.2) is 66.7 Å². The summed E-state index contributed by atoms with van der Waals surface area (Å²) in [4.78, 5) is 27.2. The minimum absolute atomic E-state index is 0.144. The maximum Gasteiger partial charge on any atom is 0.263 e. The molecule has 1 unspecified atom stereocenters. The van der Waals surface area contributed by atoms with E-state index in [-0.39, 0.29) is 18.6 Å². The van der Waals surface area contributed by atoms with E-state index in [1.54, 1.807) is 24.3 Å². The summed E-state index contributed by atoms with van der Waals surface area (Å²) in [7, 11) is 1.62. The summed E-state index contributed by atoms with van der Waals surface area (Å²) in [5.41, 5.74) is 6.44. The average Bonchev–Trinajstić information content (AvgIpc) is 3.48. The van der Waals surface area contributed by atoms with Gasteiger partial charge in [-0.05, 0) is 78.9 Å². The lowest BCUT2D eigenvalue weighted by atomic mass is 9.84. The highest BCUT2D eigenvalue weighted by Gasteiger charge is 2.29. The third-order valence-corrected chi connectivity index (χ3v) is 7.69. The molecule has 0 spiro atoms. The van der Waals surface area contributed by atoms with Crippen molar-refractivity contribution in [1.82, 2.24) is 10.3 Å². The Balaban J connectivity index is 1.30. The first-order chi connectivity index (χ1) is 19.5. The lowest BCUT2D eigenvalue weighted by molar-refractivity contribution is -0.132. The molecule has 5 rings (SSSR count). The third kappa shape index (κ3) is 6.50. The van der Waals surface area contributed by atoms with Crippen molar-refractivity contribution in [2.45, 2.75) is 51.5 Å². The molecule has 1 atom stereocenters. The molecule has 0 aromatic heterocycles. The number of fused-ring (bicyclic) bond motifs is 1. The molecule has 8 nitrogen and oxygen atoms in total. The number of amides is 2. The van der Waals surface area contributed by atoms with Crippen molar-refractivity contribution in [3.05, 3.63) is 72.3 Å². The Morgan fingerprint density at radius 1 is 0.925 bits per heavy atom. The van der Waals surface area contributed by atoms with E-state index in [1.165, 1.54) is 19.3 Å². The average molecular weight is 544 g/mol. The van der Waals surface area contributed by atoms with Gasteiger partial charge in [-0.3, -0.25) is 20.0 Å². The van der Waals surface area contributed by atoms with Gasteiger partial charge in [0.25, 0.3) is 11.8 Å². The first-order valence-electron chi connectivity index (χ1n) is 14.1. The van der Waals surface area contributed by atoms with Crippen molar-refractivity contribution in [1.29, 1.82) is 0 Å². The number of benzene rings is 3. The van der Waals surface area contributed by atoms with Crippen LogP contribution in [0.25, 0.3) is 11.1 Å². The minimum Gasteiger partial charge on any atom is -0.497 e. The molecule has 1 heterocycles. The predicted molar refractivity (Wildman–Crippen MR) is 154 cm³/mol. The topological polar surface area (TPSA) is 89.1 Å². The highest BCUT2D eigenvalue weighted by atomic mass is 16.7. The Hall–Kier alpha value is -4.20. The highest BCUT2D eigenvalue weighted by molar-refractivity contribution is 5.98. The fourth-order valence-electron chi connectivity index (χ4n) is 5.41. The smallest absolute Gasteiger partial charge is 0.263 e. The zero-order valence-corrected chi connectivity index (χ0v) is 23.2. The molecule has 210 valence electrons. The maximum absolute atomic E-state index is 13.8. The number of hydrogen-bond acceptors (Lipinski definition) is 6. The van der Waals surface area contributed by atoms with Gasteiger partial charge in [-0.1, -0.05) is 50.3 Å². The van der Waals surface area contributed by atoms with Crippen molar-refractivity contribution in [2.24, 2.45) is 5.92 Å². The maximum atomic E-state index is 13.8. The van der Waals surface area contributed by atoms with Gasteiger partial charge in [-0.15, -0.1) is 0 Å². The van der Waals surface area contributed by atoms with Crippen LogP contribution in [-0.2, 0) is 4.79 Å². The van der Waals surface area contributed by atoms with Gasteiger partial charge in [0.1, 0.15) is 11.8 Å². The predicted octanol–water partition coefficient (Wildman–Crippen LogP) is 6.04. The zero-order chi connectivity index (χ0) is 27.9. The highest BCUT2D eigenvalue weighted by Crippen LogP contribution is 2.36. The molecular weight excluding hydrogens is 506 g/mol. The number of carbonyl (C=O) groups excluding carboxylic acids is 2. The van der Waals surface area contributed by atoms with Crippen LogP contribution < -0.4 is 25.0 Å². The van der Waals surface area contributed by atoms with Crippen LogP contribution in [0.2, 0.25) is 0 Å². The molecule has 2 aliphatic rings. The second-order valence-electron chi connectivity index (χ2n) is 10.3. The molecule has 8 heteroatoms. The summed E-state index contributed by atoms with van der Waals surface area (Å²) in [5.74, 6) is 2.20. The van der Waals surface area contributed by atoms with Crippen molar-refractivity contribution in [3.63, 3.8) is 0 Å². The van der Waals surface area contributed by atoms with E-state index in [9.17, 15) is 9.59 Å². The third-order valence-electron chi connectivity index (χ3n) is 7.69. The normalized spacial score (nSPS) is 15.2. The first kappa shape index (κ1) is 27.4. The Morgan fingerprint density at radius 3 is 2.33 bits per heavy atom. The molecule has 0 radical (unpaired) electrons. The van der Waals surface area contributed by atoms with Crippen LogP contribution in [0.4, 0.5) is 5.69 Å². The minimum atomic E-state index is -0.630. The molecule has 2 N–H and O–H groups in total. The van der Waals surface area contributed by atoms with E-state index in [2.05, 4.69) is 10.7 Å². The van der Waals surface area contributed by atoms with Crippen LogP contribution in [-0.4, -0.2) is 43.3 Å². The number of nitrogens with one attached hydrogen (secondary N) is 2. The molecule has 3 aromatic carbocycles. The monoisotopic (exact) mass is 543 g/mol. The molecule has 1 aliphatic heterocycles. The number of hydrazine groups is 1. The Bertz CT molecular complexity index is 1300. The van der Waals surface area contributed by atoms with E-state index in [4.69, 9.17) is 14.2 Å². The van der Waals surface area contributed by atoms with Crippen LogP contribution in [0.1, 0.15) is 55.8 Å². The standard InChI is InChI=1S/C32H37N3O5/c1-3-35(34-26-14-16-27(38-2)17-15-26)32(37)28(19-22-7-5-4-6-8-22)33-31(36)24-11-9-23(10-12-24)25-13-18-29-30(20-25)40-21-39-29/h9-18,20,22,28,34H,3-8,19,21H2,1-2H3,(H,33,36). The van der Waals surface area contributed by atoms with Gasteiger partial charge in [0.05, 0.1) is 12.8 Å². The summed E-state index contributed by atoms with van der Waals surface area (Å²) >= 11 is 0. The van der Waals surface area contributed by atoms with Gasteiger partial charge >= 0.3 is 0 Å². The Morgan fingerprint density at radius 2 is 1.62 bits per heavy atom. The Kier molecular flexibility index (Phi) is 8.74. The van der Waals surface area contributed by atoms with Crippen molar-refractivity contribution in [2.75, 3.05) is 25.9 Å². The summed E-state index contributed by atoms with van der Waals surface area (Å²) in [6.45, 7) is 2.60. The summed E-state index contributed by atoms with van der Waals surface area (Å²) in [5, 5.41) is 4.65. The quantitative estimate of drug-likeness (QED) is 0.303. The van der Waals surface area contributed by atoms with Gasteiger partial charge in [-0.2, -0.15) is 0 Å². The fourth-order valence-corrected chi connectivity index (χ4v) is 5.41. The van der Waals surface area contributed by atoms with Crippen LogP contribution in [0.5, 0.6) is 17.2 Å². The van der Waals surface area contributed by atoms with Crippen LogP contribution >= 0.6 is 0 Å². The number of methoxy groups -OCH3 is 1. The Labute approximate surface area is 235 Å². The number of likely N-dealkylation sites (N-methyl/N-ethyl adjacent to an activating group) is 1. The lowest BCUT2D eigenvalue weighted by Crippen LogP contribution is -2.51. The van der Waals surface area contributed by atoms with Crippen molar-refractivity contribution in [3.8, 4) is 28.4 Å². The number of carbonyl (C=O) groups is 2. The fraction of sp³-hybridized carbons (Fsp3) is 0.375. The molecule has 1 saturated carbocycles. The molecule has 1 fully saturated rings. The van der Waals surface area contributed by atoms with E-state index >= 15 is 0 Å². The molecule has 1 aliphatic carbocycles. The van der Waals surface area contributed by atoms with Crippen LogP contribution in [0, 0.1) is 5.92 Å². The number of anilines is 1. The molecule has 3 aromatic rings. The van der Waals surface area contributed by atoms with E-state index < -0.39 is 6.04 Å². The molecule has 40 heavy (non-hydrogen) atoms. The van der Waals surface area contributed by atoms with E-state index in [0.29, 0.717) is 30.2 Å². The summed E-state index contributed by atoms with van der Waals surface area (Å²) in [6.07, 6.45) is 6.37. The van der Waals surface area contributed by atoms with Gasteiger partial charge in [0, 0.05) is 12.1 Å². The second-order valence-corrected chi connectivity index (χ2v) is 10.3. The van der Waals surface area contributed by atoms with Crippen molar-refractivity contribution < 1.29 is 23.8 Å². The number of rotatable bonds is 10. The first-order valence-corrected chi connectivity index (χ1v) is 14.1. The number of nitrogens with zero attached hydrogens (tertiary/aromatic N) is 1. The molecule has 0 bridgehead atoms. The SMILES string of the molecule is CCN(Nc1ccc(OC)cc1)C(=O)C(CC1CCCCC1)NC(=O)c1ccc(-c2ccc3c(c2)OCO3)cc1. The number of hydrogen-bond donors (Lipinski definition) is 2. The van der Waals surface area contributed by atoms with Crippen LogP contribution in [0.3, 0.4) is 0 Å². The molecule has 2 amide bonds. The number of ether oxygens (including phenoxy) is 3. The second kappa shape index (κ2) is 12.8. The van der Waals surface area contributed by atoms with E-state index in [0.717, 1.165) is 41.2 Å². The summed E-state index contributed by atoms with van der Waals surface area (Å²) < 4.78 is 16.1. The largest absolute Gasteiger partial charge is 0.497 e. The molecular formula is C32H37N3O5. The lowest BCUT2D eigenvalue weighted by Gasteiger charge is -2.31. The summed E-state index contributed by atoms with van der Waals surface area (Å²) in [6, 6.07) is 20.0. The van der Waals surface area contributed by atoms with Gasteiger partial charge in [-0.25, -0.2) is 0 Å². The van der Waals surface area contributed by atoms with Crippen molar-refractivity contribution >= 4 is 17.5 Å². The molecule has 0 saturated heterocycles. The van der Waals surface area contributed by atoms with E-state index in [1.807, 2.05) is 61.5 Å².